The molecule has 1 rings (SSSR count). The molecule has 0 saturated carbocycles. The van der Waals surface area contributed by atoms with Crippen molar-refractivity contribution in [2.24, 2.45) is 11.7 Å². The van der Waals surface area contributed by atoms with Crippen LogP contribution >= 0.6 is 0 Å². The van der Waals surface area contributed by atoms with Crippen molar-refractivity contribution in [1.82, 2.24) is 10.2 Å². The molecule has 1 amide bonds. The number of nitrogens with two attached hydrogens (primary N) is 1. The fraction of sp³-hybridized carbons (Fsp3) is 0.929. The minimum absolute atomic E-state index is 0.191. The molecule has 2 atom stereocenters. The van der Waals surface area contributed by atoms with Crippen molar-refractivity contribution in [2.75, 3.05) is 26.2 Å². The molecule has 0 spiro atoms. The van der Waals surface area contributed by atoms with Crippen molar-refractivity contribution >= 4 is 6.09 Å². The Labute approximate surface area is 116 Å². The third kappa shape index (κ3) is 6.25. The molecule has 1 fully saturated rings. The van der Waals surface area contributed by atoms with Gasteiger partial charge in [0, 0.05) is 25.7 Å². The molecule has 0 aromatic carbocycles. The second kappa shape index (κ2) is 7.10. The van der Waals surface area contributed by atoms with E-state index in [2.05, 4.69) is 12.2 Å². The zero-order chi connectivity index (χ0) is 14.5. The van der Waals surface area contributed by atoms with E-state index >= 15 is 0 Å². The van der Waals surface area contributed by atoms with Crippen LogP contribution in [0.5, 0.6) is 0 Å². The SMILES string of the molecule is CC(CN)NCC1CCCN(C(=O)OC(C)(C)C)C1. The van der Waals surface area contributed by atoms with Crippen molar-refractivity contribution in [1.29, 1.82) is 0 Å². The summed E-state index contributed by atoms with van der Waals surface area (Å²) in [6.07, 6.45) is 2.01. The molecule has 5 nitrogen and oxygen atoms in total. The number of piperidine rings is 1. The number of nitrogens with one attached hydrogen (secondary N) is 1. The third-order valence-corrected chi connectivity index (χ3v) is 3.28. The largest absolute Gasteiger partial charge is 0.444 e. The fourth-order valence-corrected chi connectivity index (χ4v) is 2.18. The standard InChI is InChI=1S/C14H29N3O2/c1-11(8-15)16-9-12-6-5-7-17(10-12)13(18)19-14(2,3)4/h11-12,16H,5-10,15H2,1-4H3. The van der Waals surface area contributed by atoms with Gasteiger partial charge in [0.25, 0.3) is 0 Å². The van der Waals surface area contributed by atoms with Crippen LogP contribution in [-0.4, -0.2) is 48.8 Å². The Morgan fingerprint density at radius 2 is 2.21 bits per heavy atom. The molecule has 1 heterocycles. The van der Waals surface area contributed by atoms with Crippen LogP contribution in [0.3, 0.4) is 0 Å². The van der Waals surface area contributed by atoms with E-state index in [1.54, 1.807) is 0 Å². The lowest BCUT2D eigenvalue weighted by Crippen LogP contribution is -2.46. The third-order valence-electron chi connectivity index (χ3n) is 3.28. The predicted octanol–water partition coefficient (Wildman–Crippen LogP) is 1.57. The quantitative estimate of drug-likeness (QED) is 0.814. The molecule has 3 N–H and O–H groups in total. The maximum atomic E-state index is 12.0. The number of hydrogen-bond acceptors (Lipinski definition) is 4. The van der Waals surface area contributed by atoms with Gasteiger partial charge in [0.15, 0.2) is 0 Å². The average Bonchev–Trinajstić information content (AvgIpc) is 2.34. The molecule has 0 radical (unpaired) electrons. The summed E-state index contributed by atoms with van der Waals surface area (Å²) in [5.74, 6) is 0.496. The number of nitrogens with zero attached hydrogens (tertiary/aromatic N) is 1. The van der Waals surface area contributed by atoms with Crippen molar-refractivity contribution in [3.8, 4) is 0 Å². The average molecular weight is 271 g/mol. The molecule has 112 valence electrons. The molecule has 0 aromatic heterocycles. The van der Waals surface area contributed by atoms with Crippen molar-refractivity contribution < 1.29 is 9.53 Å². The molecular weight excluding hydrogens is 242 g/mol. The van der Waals surface area contributed by atoms with Crippen LogP contribution in [-0.2, 0) is 4.74 Å². The highest BCUT2D eigenvalue weighted by atomic mass is 16.6. The number of amides is 1. The summed E-state index contributed by atoms with van der Waals surface area (Å²) < 4.78 is 5.42. The second-order valence-corrected chi connectivity index (χ2v) is 6.48. The minimum atomic E-state index is -0.420. The van der Waals surface area contributed by atoms with Gasteiger partial charge in [-0.1, -0.05) is 0 Å². The Kier molecular flexibility index (Phi) is 6.07. The fourth-order valence-electron chi connectivity index (χ4n) is 2.18. The Morgan fingerprint density at radius 1 is 1.53 bits per heavy atom. The van der Waals surface area contributed by atoms with Crippen molar-refractivity contribution in [3.05, 3.63) is 0 Å². The second-order valence-electron chi connectivity index (χ2n) is 6.48. The first-order valence-corrected chi connectivity index (χ1v) is 7.23. The van der Waals surface area contributed by atoms with Gasteiger partial charge in [-0.15, -0.1) is 0 Å². The summed E-state index contributed by atoms with van der Waals surface area (Å²) in [6, 6.07) is 0.330. The first-order valence-electron chi connectivity index (χ1n) is 7.23. The zero-order valence-corrected chi connectivity index (χ0v) is 12.7. The molecule has 5 heteroatoms. The summed E-state index contributed by atoms with van der Waals surface area (Å²) >= 11 is 0. The van der Waals surface area contributed by atoms with E-state index in [1.807, 2.05) is 25.7 Å². The zero-order valence-electron chi connectivity index (χ0n) is 12.7. The lowest BCUT2D eigenvalue weighted by atomic mass is 9.98. The molecule has 1 saturated heterocycles. The Bertz CT molecular complexity index is 289. The Morgan fingerprint density at radius 3 is 2.79 bits per heavy atom. The van der Waals surface area contributed by atoms with Gasteiger partial charge in [-0.25, -0.2) is 4.79 Å². The summed E-state index contributed by atoms with van der Waals surface area (Å²) in [5, 5.41) is 3.41. The van der Waals surface area contributed by atoms with Gasteiger partial charge in [0.05, 0.1) is 0 Å². The van der Waals surface area contributed by atoms with Crippen LogP contribution in [0.1, 0.15) is 40.5 Å². The first kappa shape index (κ1) is 16.2. The molecule has 1 aliphatic heterocycles. The lowest BCUT2D eigenvalue weighted by molar-refractivity contribution is 0.0165. The maximum absolute atomic E-state index is 12.0. The van der Waals surface area contributed by atoms with Gasteiger partial charge in [0.1, 0.15) is 5.60 Å². The normalized spacial score (nSPS) is 22.2. The Hall–Kier alpha value is -0.810. The van der Waals surface area contributed by atoms with Crippen LogP contribution < -0.4 is 11.1 Å². The number of rotatable bonds is 4. The summed E-state index contributed by atoms with van der Waals surface area (Å²) in [7, 11) is 0. The summed E-state index contributed by atoms with van der Waals surface area (Å²) in [5.41, 5.74) is 5.17. The molecule has 0 aliphatic carbocycles. The number of carbonyl (C=O) groups is 1. The van der Waals surface area contributed by atoms with Crippen LogP contribution in [0, 0.1) is 5.92 Å². The number of likely N-dealkylation sites (tertiary alicyclic amines) is 1. The molecule has 1 aliphatic rings. The highest BCUT2D eigenvalue weighted by Crippen LogP contribution is 2.18. The molecule has 2 unspecified atom stereocenters. The smallest absolute Gasteiger partial charge is 0.410 e. The van der Waals surface area contributed by atoms with E-state index in [0.717, 1.165) is 32.5 Å². The minimum Gasteiger partial charge on any atom is -0.444 e. The van der Waals surface area contributed by atoms with Gasteiger partial charge >= 0.3 is 6.09 Å². The van der Waals surface area contributed by atoms with Gasteiger partial charge in [-0.3, -0.25) is 0 Å². The van der Waals surface area contributed by atoms with Gasteiger partial charge in [0.2, 0.25) is 0 Å². The first-order chi connectivity index (χ1) is 8.81. The van der Waals surface area contributed by atoms with Crippen LogP contribution in [0.25, 0.3) is 0 Å². The summed E-state index contributed by atoms with van der Waals surface area (Å²) in [6.45, 7) is 10.9. The highest BCUT2D eigenvalue weighted by molar-refractivity contribution is 5.68. The van der Waals surface area contributed by atoms with Crippen molar-refractivity contribution in [3.63, 3.8) is 0 Å². The van der Waals surface area contributed by atoms with Crippen LogP contribution in [0.15, 0.2) is 0 Å². The Balaban J connectivity index is 2.39. The maximum Gasteiger partial charge on any atom is 0.410 e. The van der Waals surface area contributed by atoms with E-state index in [-0.39, 0.29) is 6.09 Å². The molecule has 19 heavy (non-hydrogen) atoms. The van der Waals surface area contributed by atoms with Gasteiger partial charge < -0.3 is 20.7 Å². The molecule has 0 bridgehead atoms. The lowest BCUT2D eigenvalue weighted by Gasteiger charge is -2.34. The van der Waals surface area contributed by atoms with E-state index in [4.69, 9.17) is 10.5 Å². The molecular formula is C14H29N3O2. The van der Waals surface area contributed by atoms with Crippen molar-refractivity contribution in [2.45, 2.75) is 52.2 Å². The van der Waals surface area contributed by atoms with Gasteiger partial charge in [-0.2, -0.15) is 0 Å². The predicted molar refractivity (Wildman–Crippen MR) is 77.1 cm³/mol. The van der Waals surface area contributed by atoms with E-state index in [0.29, 0.717) is 18.5 Å². The highest BCUT2D eigenvalue weighted by Gasteiger charge is 2.27. The number of hydrogen-bond donors (Lipinski definition) is 2. The monoisotopic (exact) mass is 271 g/mol. The summed E-state index contributed by atoms with van der Waals surface area (Å²) in [4.78, 5) is 13.8. The van der Waals surface area contributed by atoms with E-state index in [9.17, 15) is 4.79 Å². The van der Waals surface area contributed by atoms with Crippen LogP contribution in [0.2, 0.25) is 0 Å². The number of ether oxygens (including phenoxy) is 1. The van der Waals surface area contributed by atoms with Gasteiger partial charge in [-0.05, 0) is 53.0 Å². The van der Waals surface area contributed by atoms with E-state index < -0.39 is 5.60 Å². The van der Waals surface area contributed by atoms with E-state index in [1.165, 1.54) is 0 Å². The number of carbonyl (C=O) groups excluding carboxylic acids is 1. The molecule has 0 aromatic rings. The van der Waals surface area contributed by atoms with Crippen LogP contribution in [0.4, 0.5) is 4.79 Å². The topological polar surface area (TPSA) is 67.6 Å².